The predicted octanol–water partition coefficient (Wildman–Crippen LogP) is 3.20. The van der Waals surface area contributed by atoms with Gasteiger partial charge in [0.1, 0.15) is 0 Å². The van der Waals surface area contributed by atoms with Gasteiger partial charge in [-0.1, -0.05) is 66.7 Å². The Morgan fingerprint density at radius 2 is 1.41 bits per heavy atom. The fourth-order valence-electron chi connectivity index (χ4n) is 2.45. The highest BCUT2D eigenvalue weighted by Crippen LogP contribution is 2.31. The molecular weight excluding hydrogens is 274 g/mol. The van der Waals surface area contributed by atoms with Crippen LogP contribution in [-0.2, 0) is 5.60 Å². The number of benzene rings is 2. The Morgan fingerprint density at radius 3 is 2.00 bits per heavy atom. The molecule has 0 saturated heterocycles. The van der Waals surface area contributed by atoms with E-state index in [1.54, 1.807) is 72.9 Å². The van der Waals surface area contributed by atoms with Crippen molar-refractivity contribution in [1.82, 2.24) is 4.98 Å². The fourth-order valence-corrected chi connectivity index (χ4v) is 2.45. The van der Waals surface area contributed by atoms with Gasteiger partial charge in [0.2, 0.25) is 5.78 Å². The Balaban J connectivity index is 2.18. The molecule has 0 bridgehead atoms. The second kappa shape index (κ2) is 5.92. The third-order valence-electron chi connectivity index (χ3n) is 3.59. The lowest BCUT2D eigenvalue weighted by Gasteiger charge is -2.26. The van der Waals surface area contributed by atoms with Crippen molar-refractivity contribution in [2.45, 2.75) is 5.60 Å². The van der Waals surface area contributed by atoms with Crippen LogP contribution in [0, 0.1) is 0 Å². The van der Waals surface area contributed by atoms with E-state index < -0.39 is 11.4 Å². The second-order valence-corrected chi connectivity index (χ2v) is 4.99. The van der Waals surface area contributed by atoms with Crippen LogP contribution in [0.15, 0.2) is 85.1 Å². The first-order chi connectivity index (χ1) is 10.7. The van der Waals surface area contributed by atoms with Crippen molar-refractivity contribution in [3.05, 3.63) is 102 Å². The molecule has 0 aliphatic rings. The molecule has 1 unspecified atom stereocenters. The van der Waals surface area contributed by atoms with Gasteiger partial charge in [0.25, 0.3) is 0 Å². The number of hydrogen-bond donors (Lipinski definition) is 1. The largest absolute Gasteiger partial charge is 0.372 e. The number of rotatable bonds is 4. The number of pyridine rings is 1. The van der Waals surface area contributed by atoms with Crippen LogP contribution < -0.4 is 0 Å². The molecule has 0 saturated carbocycles. The summed E-state index contributed by atoms with van der Waals surface area (Å²) in [6.07, 6.45) is 1.57. The molecule has 0 fully saturated rings. The maximum Gasteiger partial charge on any atom is 0.205 e. The molecule has 3 heteroatoms. The Kier molecular flexibility index (Phi) is 3.81. The molecule has 0 aliphatic heterocycles. The minimum Gasteiger partial charge on any atom is -0.372 e. The summed E-state index contributed by atoms with van der Waals surface area (Å²) in [5.74, 6) is -0.391. The predicted molar refractivity (Wildman–Crippen MR) is 84.5 cm³/mol. The summed E-state index contributed by atoms with van der Waals surface area (Å²) in [6, 6.07) is 22.8. The van der Waals surface area contributed by atoms with E-state index in [2.05, 4.69) is 4.98 Å². The number of hydrogen-bond acceptors (Lipinski definition) is 3. The first-order valence-corrected chi connectivity index (χ1v) is 7.02. The normalized spacial score (nSPS) is 13.3. The molecule has 108 valence electrons. The van der Waals surface area contributed by atoms with Crippen molar-refractivity contribution in [1.29, 1.82) is 0 Å². The summed E-state index contributed by atoms with van der Waals surface area (Å²) in [6.45, 7) is 0. The van der Waals surface area contributed by atoms with Gasteiger partial charge in [0.15, 0.2) is 5.60 Å². The number of Topliss-reactive ketones (excluding diaryl/α,β-unsaturated/α-hetero) is 1. The van der Waals surface area contributed by atoms with Crippen LogP contribution in [0.4, 0.5) is 0 Å². The topological polar surface area (TPSA) is 50.2 Å². The molecule has 0 amide bonds. The van der Waals surface area contributed by atoms with Crippen LogP contribution in [0.25, 0.3) is 0 Å². The average molecular weight is 289 g/mol. The van der Waals surface area contributed by atoms with Crippen LogP contribution in [-0.4, -0.2) is 15.9 Å². The number of aromatic nitrogens is 1. The third kappa shape index (κ3) is 2.43. The molecule has 1 N–H and O–H groups in total. The summed E-state index contributed by atoms with van der Waals surface area (Å²) in [4.78, 5) is 17.2. The van der Waals surface area contributed by atoms with Crippen LogP contribution >= 0.6 is 0 Å². The highest BCUT2D eigenvalue weighted by molar-refractivity contribution is 6.04. The molecule has 3 aromatic rings. The summed E-state index contributed by atoms with van der Waals surface area (Å²) >= 11 is 0. The molecular formula is C19H15NO2. The number of ketones is 1. The average Bonchev–Trinajstić information content (AvgIpc) is 2.62. The Hall–Kier alpha value is -2.78. The maximum absolute atomic E-state index is 13.0. The lowest BCUT2D eigenvalue weighted by atomic mass is 9.83. The fraction of sp³-hybridized carbons (Fsp3) is 0.0526. The minimum absolute atomic E-state index is 0.315. The Labute approximate surface area is 128 Å². The van der Waals surface area contributed by atoms with Gasteiger partial charge in [0.05, 0.1) is 5.69 Å². The van der Waals surface area contributed by atoms with E-state index in [-0.39, 0.29) is 0 Å². The van der Waals surface area contributed by atoms with Crippen molar-refractivity contribution in [3.63, 3.8) is 0 Å². The number of carbonyl (C=O) groups is 1. The molecule has 0 aliphatic carbocycles. The van der Waals surface area contributed by atoms with E-state index in [1.165, 1.54) is 0 Å². The lowest BCUT2D eigenvalue weighted by Crippen LogP contribution is -2.38. The SMILES string of the molecule is O=C(c1ccccc1)C(O)(c1ccccc1)c1ccccn1. The van der Waals surface area contributed by atoms with E-state index in [0.29, 0.717) is 16.8 Å². The molecule has 1 atom stereocenters. The zero-order valence-corrected chi connectivity index (χ0v) is 11.9. The number of carbonyl (C=O) groups excluding carboxylic acids is 1. The summed E-state index contributed by atoms with van der Waals surface area (Å²) in [5, 5.41) is 11.3. The molecule has 2 aromatic carbocycles. The van der Waals surface area contributed by atoms with Crippen LogP contribution in [0.5, 0.6) is 0 Å². The number of aliphatic hydroxyl groups is 1. The smallest absolute Gasteiger partial charge is 0.205 e. The van der Waals surface area contributed by atoms with Crippen molar-refractivity contribution < 1.29 is 9.90 Å². The molecule has 1 aromatic heterocycles. The minimum atomic E-state index is -1.80. The van der Waals surface area contributed by atoms with Gasteiger partial charge in [0, 0.05) is 11.8 Å². The molecule has 1 heterocycles. The molecule has 22 heavy (non-hydrogen) atoms. The van der Waals surface area contributed by atoms with E-state index in [1.807, 2.05) is 12.1 Å². The van der Waals surface area contributed by atoms with Crippen LogP contribution in [0.2, 0.25) is 0 Å². The first-order valence-electron chi connectivity index (χ1n) is 7.02. The van der Waals surface area contributed by atoms with Gasteiger partial charge in [-0.25, -0.2) is 0 Å². The van der Waals surface area contributed by atoms with E-state index in [0.717, 1.165) is 0 Å². The third-order valence-corrected chi connectivity index (χ3v) is 3.59. The van der Waals surface area contributed by atoms with Gasteiger partial charge in [-0.2, -0.15) is 0 Å². The quantitative estimate of drug-likeness (QED) is 0.750. The van der Waals surface area contributed by atoms with Crippen LogP contribution in [0.3, 0.4) is 0 Å². The lowest BCUT2D eigenvalue weighted by molar-refractivity contribution is 0.0471. The standard InChI is InChI=1S/C19H15NO2/c21-18(15-9-3-1-4-10-15)19(22,16-11-5-2-6-12-16)17-13-7-8-14-20-17/h1-14,22H. The highest BCUT2D eigenvalue weighted by atomic mass is 16.3. The van der Waals surface area contributed by atoms with Crippen LogP contribution in [0.1, 0.15) is 21.6 Å². The van der Waals surface area contributed by atoms with E-state index >= 15 is 0 Å². The Bertz CT molecular complexity index is 716. The zero-order valence-electron chi connectivity index (χ0n) is 11.9. The van der Waals surface area contributed by atoms with Crippen molar-refractivity contribution in [2.24, 2.45) is 0 Å². The summed E-state index contributed by atoms with van der Waals surface area (Å²) < 4.78 is 0. The molecule has 3 nitrogen and oxygen atoms in total. The zero-order chi connectivity index (χ0) is 15.4. The second-order valence-electron chi connectivity index (χ2n) is 4.99. The summed E-state index contributed by atoms with van der Waals surface area (Å²) in [7, 11) is 0. The number of nitrogens with zero attached hydrogens (tertiary/aromatic N) is 1. The van der Waals surface area contributed by atoms with Crippen molar-refractivity contribution in [2.75, 3.05) is 0 Å². The molecule has 0 radical (unpaired) electrons. The van der Waals surface area contributed by atoms with Gasteiger partial charge < -0.3 is 5.11 Å². The van der Waals surface area contributed by atoms with E-state index in [4.69, 9.17) is 0 Å². The molecule has 0 spiro atoms. The highest BCUT2D eigenvalue weighted by Gasteiger charge is 2.41. The van der Waals surface area contributed by atoms with E-state index in [9.17, 15) is 9.90 Å². The van der Waals surface area contributed by atoms with Gasteiger partial charge in [-0.15, -0.1) is 0 Å². The van der Waals surface area contributed by atoms with Gasteiger partial charge in [-0.3, -0.25) is 9.78 Å². The van der Waals surface area contributed by atoms with Crippen molar-refractivity contribution >= 4 is 5.78 Å². The summed E-state index contributed by atoms with van der Waals surface area (Å²) in [5.41, 5.74) is -0.540. The van der Waals surface area contributed by atoms with Crippen molar-refractivity contribution in [3.8, 4) is 0 Å². The van der Waals surface area contributed by atoms with Gasteiger partial charge in [-0.05, 0) is 17.7 Å². The Morgan fingerprint density at radius 1 is 0.818 bits per heavy atom. The first kappa shape index (κ1) is 14.2. The van der Waals surface area contributed by atoms with Gasteiger partial charge >= 0.3 is 0 Å². The molecule has 3 rings (SSSR count). The monoisotopic (exact) mass is 289 g/mol. The maximum atomic E-state index is 13.0.